The highest BCUT2D eigenvalue weighted by Crippen LogP contribution is 2.71. The fourth-order valence-corrected chi connectivity index (χ4v) is 11.0. The first-order chi connectivity index (χ1) is 31.9. The third-order valence-electron chi connectivity index (χ3n) is 14.3. The highest BCUT2D eigenvalue weighted by atomic mass is 35.5. The van der Waals surface area contributed by atoms with Crippen LogP contribution in [-0.4, -0.2) is 92.8 Å². The molecule has 0 bridgehead atoms. The summed E-state index contributed by atoms with van der Waals surface area (Å²) in [7, 11) is -2.36. The van der Waals surface area contributed by atoms with Crippen LogP contribution in [0, 0.1) is 11.3 Å². The van der Waals surface area contributed by atoms with Crippen LogP contribution in [0.2, 0.25) is 18.1 Å². The number of benzene rings is 4. The number of hydrogen-bond acceptors (Lipinski definition) is 12. The molecule has 0 N–H and O–H groups in total. The van der Waals surface area contributed by atoms with E-state index >= 15 is 0 Å². The number of alkyl halides is 1. The van der Waals surface area contributed by atoms with Gasteiger partial charge in [-0.25, -0.2) is 9.59 Å². The summed E-state index contributed by atoms with van der Waals surface area (Å²) in [5, 5.41) is -0.111. The smallest absolute Gasteiger partial charge is 0.339 e. The molecule has 2 aliphatic carbocycles. The molecule has 2 aliphatic heterocycles. The normalized spacial score (nSPS) is 29.1. The molecule has 4 fully saturated rings. The minimum atomic E-state index is -2.36. The SMILES string of the molecule is CC(C)(Cl)C(=O)O[C@H]1[C@H](OC23CC4[C@H](O[Si](C)(C)C(C)(C)C)C[C@@H](OC2=O)[C@]43COC(=O)c2ccccc2)O[C@H](COCc2ccccc2)[C@@H](OCc2ccccc2)[C@@H]1OCc1ccccc1. The molecule has 67 heavy (non-hydrogen) atoms. The molecule has 358 valence electrons. The Balaban J connectivity index is 1.19. The van der Waals surface area contributed by atoms with Crippen LogP contribution >= 0.6 is 11.6 Å². The van der Waals surface area contributed by atoms with Crippen LogP contribution in [0.25, 0.3) is 0 Å². The predicted molar refractivity (Wildman–Crippen MR) is 252 cm³/mol. The highest BCUT2D eigenvalue weighted by Gasteiger charge is 2.85. The molecule has 12 nitrogen and oxygen atoms in total. The van der Waals surface area contributed by atoms with Gasteiger partial charge in [0.05, 0.1) is 43.5 Å². The van der Waals surface area contributed by atoms with Gasteiger partial charge >= 0.3 is 17.9 Å². The van der Waals surface area contributed by atoms with Crippen LogP contribution < -0.4 is 0 Å². The maximum absolute atomic E-state index is 14.7. The molecule has 2 saturated carbocycles. The molecular weight excluding hydrogens is 892 g/mol. The standard InChI is InChI=1S/C53H63ClO12Si/c1-50(2,3)67(6,7)66-40-28-42-52(34-61-46(55)38-26-18-11-19-27-38)39(40)29-53(52,49(57)63-42)65-47-45(64-48(56)51(4,5)54)44(60-32-37-24-16-10-17-25-37)43(59-31-36-22-14-9-15-23-36)41(62-47)33-58-30-35-20-12-8-13-21-35/h8-27,39-45,47H,28-34H2,1-7H3/t39?,40-,41-,42-,43-,44+,45-,47+,52+,53?/m1/s1. The van der Waals surface area contributed by atoms with Gasteiger partial charge in [-0.15, -0.1) is 11.6 Å². The van der Waals surface area contributed by atoms with E-state index in [0.29, 0.717) is 12.0 Å². The van der Waals surface area contributed by atoms with E-state index in [1.165, 1.54) is 13.8 Å². The summed E-state index contributed by atoms with van der Waals surface area (Å²) < 4.78 is 60.1. The minimum Gasteiger partial charge on any atom is -0.461 e. The average molecular weight is 956 g/mol. The first-order valence-electron chi connectivity index (χ1n) is 23.2. The fraction of sp³-hybridized carbons (Fsp3) is 0.491. The highest BCUT2D eigenvalue weighted by molar-refractivity contribution is 6.74. The van der Waals surface area contributed by atoms with E-state index in [2.05, 4.69) is 33.9 Å². The first kappa shape index (κ1) is 49.0. The number of ether oxygens (including phenoxy) is 8. The Morgan fingerprint density at radius 3 is 1.84 bits per heavy atom. The third kappa shape index (κ3) is 10.2. The van der Waals surface area contributed by atoms with E-state index in [1.54, 1.807) is 24.3 Å². The van der Waals surface area contributed by atoms with Crippen molar-refractivity contribution in [1.82, 2.24) is 0 Å². The van der Waals surface area contributed by atoms with Gasteiger partial charge in [0.1, 0.15) is 35.9 Å². The fourth-order valence-electron chi connectivity index (χ4n) is 9.59. The van der Waals surface area contributed by atoms with Crippen LogP contribution in [0.3, 0.4) is 0 Å². The summed E-state index contributed by atoms with van der Waals surface area (Å²) in [5.41, 5.74) is 0.153. The van der Waals surface area contributed by atoms with Crippen molar-refractivity contribution >= 4 is 37.8 Å². The summed E-state index contributed by atoms with van der Waals surface area (Å²) in [4.78, 5) is 41.0. The van der Waals surface area contributed by atoms with Crippen molar-refractivity contribution in [2.45, 2.75) is 139 Å². The predicted octanol–water partition coefficient (Wildman–Crippen LogP) is 9.37. The van der Waals surface area contributed by atoms with E-state index in [0.717, 1.165) is 16.7 Å². The second-order valence-corrected chi connectivity index (χ2v) is 25.9. The van der Waals surface area contributed by atoms with Crippen LogP contribution in [0.5, 0.6) is 0 Å². The largest absolute Gasteiger partial charge is 0.461 e. The minimum absolute atomic E-state index is 0.00598. The Hall–Kier alpha value is -4.44. The summed E-state index contributed by atoms with van der Waals surface area (Å²) in [6.07, 6.45) is -6.13. The summed E-state index contributed by atoms with van der Waals surface area (Å²) in [6, 6.07) is 37.7. The van der Waals surface area contributed by atoms with Gasteiger partial charge in [-0.05, 0) is 67.2 Å². The Labute approximate surface area is 399 Å². The molecule has 14 heteroatoms. The second-order valence-electron chi connectivity index (χ2n) is 20.2. The third-order valence-corrected chi connectivity index (χ3v) is 18.9. The van der Waals surface area contributed by atoms with Gasteiger partial charge in [0, 0.05) is 12.3 Å². The Morgan fingerprint density at radius 1 is 0.746 bits per heavy atom. The lowest BCUT2D eigenvalue weighted by Gasteiger charge is -2.58. The van der Waals surface area contributed by atoms with Gasteiger partial charge in [-0.2, -0.15) is 0 Å². The molecule has 4 aliphatic rings. The average Bonchev–Trinajstić information content (AvgIpc) is 3.61. The van der Waals surface area contributed by atoms with Crippen LogP contribution in [0.4, 0.5) is 0 Å². The molecule has 0 aromatic heterocycles. The summed E-state index contributed by atoms with van der Waals surface area (Å²) >= 11 is 6.67. The molecule has 8 rings (SSSR count). The molecule has 0 radical (unpaired) electrons. The monoisotopic (exact) mass is 954 g/mol. The van der Waals surface area contributed by atoms with E-state index in [-0.39, 0.29) is 56.5 Å². The molecular formula is C53H63ClO12Si. The van der Waals surface area contributed by atoms with Crippen molar-refractivity contribution in [2.75, 3.05) is 13.2 Å². The van der Waals surface area contributed by atoms with Crippen molar-refractivity contribution in [2.24, 2.45) is 11.3 Å². The lowest BCUT2D eigenvalue weighted by molar-refractivity contribution is -0.365. The van der Waals surface area contributed by atoms with Gasteiger partial charge in [0.2, 0.25) is 0 Å². The number of hydrogen-bond donors (Lipinski definition) is 0. The van der Waals surface area contributed by atoms with E-state index in [9.17, 15) is 14.4 Å². The molecule has 4 aromatic carbocycles. The zero-order valence-corrected chi connectivity index (χ0v) is 41.1. The topological polar surface area (TPSA) is 134 Å². The molecule has 2 heterocycles. The molecule has 2 saturated heterocycles. The Kier molecular flexibility index (Phi) is 14.5. The number of esters is 3. The van der Waals surface area contributed by atoms with E-state index < -0.39 is 78.9 Å². The second kappa shape index (κ2) is 19.9. The van der Waals surface area contributed by atoms with Crippen LogP contribution in [-0.2, 0) is 71.7 Å². The molecule has 4 aromatic rings. The molecule has 2 unspecified atom stereocenters. The van der Waals surface area contributed by atoms with Crippen molar-refractivity contribution in [1.29, 1.82) is 0 Å². The van der Waals surface area contributed by atoms with E-state index in [4.69, 9.17) is 53.9 Å². The zero-order valence-electron chi connectivity index (χ0n) is 39.4. The lowest BCUT2D eigenvalue weighted by Crippen LogP contribution is -2.72. The molecule has 0 spiro atoms. The number of halogens is 1. The maximum Gasteiger partial charge on any atom is 0.339 e. The Bertz CT molecular complexity index is 2310. The van der Waals surface area contributed by atoms with E-state index in [1.807, 2.05) is 97.1 Å². The summed E-state index contributed by atoms with van der Waals surface area (Å²) in [6.45, 7) is 14.3. The van der Waals surface area contributed by atoms with Gasteiger partial charge in [0.15, 0.2) is 26.3 Å². The quantitative estimate of drug-likeness (QED) is 0.0384. The maximum atomic E-state index is 14.7. The van der Waals surface area contributed by atoms with Gasteiger partial charge < -0.3 is 42.3 Å². The van der Waals surface area contributed by atoms with Crippen molar-refractivity contribution in [3.63, 3.8) is 0 Å². The molecule has 10 atom stereocenters. The Morgan fingerprint density at radius 2 is 1.28 bits per heavy atom. The van der Waals surface area contributed by atoms with Gasteiger partial charge in [-0.3, -0.25) is 4.79 Å². The lowest BCUT2D eigenvalue weighted by atomic mass is 9.51. The number of carbonyl (C=O) groups excluding carboxylic acids is 3. The van der Waals surface area contributed by atoms with Gasteiger partial charge in [-0.1, -0.05) is 130 Å². The van der Waals surface area contributed by atoms with Gasteiger partial charge in [0.25, 0.3) is 0 Å². The van der Waals surface area contributed by atoms with Crippen LogP contribution in [0.1, 0.15) is 74.5 Å². The van der Waals surface area contributed by atoms with Crippen molar-refractivity contribution in [3.05, 3.63) is 144 Å². The van der Waals surface area contributed by atoms with Crippen LogP contribution in [0.15, 0.2) is 121 Å². The van der Waals surface area contributed by atoms with Crippen molar-refractivity contribution in [3.8, 4) is 0 Å². The zero-order chi connectivity index (χ0) is 47.6. The summed E-state index contributed by atoms with van der Waals surface area (Å²) in [5.74, 6) is -2.24. The number of carbonyl (C=O) groups is 3. The first-order valence-corrected chi connectivity index (χ1v) is 26.5. The molecule has 0 amide bonds. The number of rotatable bonds is 19. The van der Waals surface area contributed by atoms with Crippen molar-refractivity contribution < 1.29 is 56.7 Å².